The second-order valence-corrected chi connectivity index (χ2v) is 7.09. The third-order valence-corrected chi connectivity index (χ3v) is 5.21. The van der Waals surface area contributed by atoms with E-state index >= 15 is 0 Å². The molecule has 0 spiro atoms. The Morgan fingerprint density at radius 2 is 1.35 bits per heavy atom. The van der Waals surface area contributed by atoms with Gasteiger partial charge in [-0.25, -0.2) is 0 Å². The van der Waals surface area contributed by atoms with Crippen molar-refractivity contribution in [3.8, 4) is 11.1 Å². The van der Waals surface area contributed by atoms with Gasteiger partial charge in [-0.15, -0.1) is 0 Å². The van der Waals surface area contributed by atoms with Crippen molar-refractivity contribution in [2.45, 2.75) is 25.4 Å². The fourth-order valence-electron chi connectivity index (χ4n) is 3.78. The van der Waals surface area contributed by atoms with Gasteiger partial charge in [0.05, 0.1) is 0 Å². The molecule has 0 atom stereocenters. The summed E-state index contributed by atoms with van der Waals surface area (Å²) in [6.45, 7) is 3.37. The summed E-state index contributed by atoms with van der Waals surface area (Å²) in [5.74, 6) is 0. The number of rotatable bonds is 5. The molecule has 0 aromatic heterocycles. The number of anilines is 1. The second kappa shape index (κ2) is 8.20. The average molecular weight is 342 g/mol. The Hall–Kier alpha value is -2.58. The normalized spacial score (nSPS) is 15.7. The maximum absolute atomic E-state index is 3.81. The van der Waals surface area contributed by atoms with Crippen molar-refractivity contribution in [3.63, 3.8) is 0 Å². The van der Waals surface area contributed by atoms with Crippen LogP contribution in [0, 0.1) is 0 Å². The molecule has 2 heteroatoms. The summed E-state index contributed by atoms with van der Waals surface area (Å²) in [7, 11) is 0. The lowest BCUT2D eigenvalue weighted by Gasteiger charge is -2.33. The molecule has 0 radical (unpaired) electrons. The van der Waals surface area contributed by atoms with Gasteiger partial charge in [-0.3, -0.25) is 4.90 Å². The van der Waals surface area contributed by atoms with Crippen LogP contribution >= 0.6 is 0 Å². The number of likely N-dealkylation sites (tertiary alicyclic amines) is 1. The largest absolute Gasteiger partial charge is 0.382 e. The topological polar surface area (TPSA) is 15.3 Å². The van der Waals surface area contributed by atoms with Crippen molar-refractivity contribution < 1.29 is 0 Å². The molecule has 1 fully saturated rings. The van der Waals surface area contributed by atoms with E-state index in [1.54, 1.807) is 0 Å². The van der Waals surface area contributed by atoms with Gasteiger partial charge in [-0.2, -0.15) is 0 Å². The van der Waals surface area contributed by atoms with Crippen LogP contribution in [0.25, 0.3) is 11.1 Å². The molecule has 1 heterocycles. The molecular weight excluding hydrogens is 316 g/mol. The lowest BCUT2D eigenvalue weighted by molar-refractivity contribution is 0.211. The lowest BCUT2D eigenvalue weighted by atomic mass is 10.0. The summed E-state index contributed by atoms with van der Waals surface area (Å²) in [5.41, 5.74) is 5.23. The van der Waals surface area contributed by atoms with E-state index in [1.807, 2.05) is 0 Å². The fraction of sp³-hybridized carbons (Fsp3) is 0.250. The third-order valence-electron chi connectivity index (χ3n) is 5.21. The predicted molar refractivity (Wildman–Crippen MR) is 110 cm³/mol. The van der Waals surface area contributed by atoms with Gasteiger partial charge in [0, 0.05) is 36.9 Å². The molecule has 2 nitrogen and oxygen atoms in total. The number of piperidine rings is 1. The first-order valence-corrected chi connectivity index (χ1v) is 9.56. The number of hydrogen-bond donors (Lipinski definition) is 1. The quantitative estimate of drug-likeness (QED) is 0.665. The van der Waals surface area contributed by atoms with Crippen LogP contribution in [-0.4, -0.2) is 24.0 Å². The van der Waals surface area contributed by atoms with E-state index in [2.05, 4.69) is 95.1 Å². The average Bonchev–Trinajstić information content (AvgIpc) is 2.71. The molecule has 1 saturated heterocycles. The zero-order valence-corrected chi connectivity index (χ0v) is 15.1. The first-order chi connectivity index (χ1) is 12.9. The Balaban J connectivity index is 1.38. The van der Waals surface area contributed by atoms with Crippen LogP contribution in [0.3, 0.4) is 0 Å². The summed E-state index contributed by atoms with van der Waals surface area (Å²) in [4.78, 5) is 2.57. The fourth-order valence-corrected chi connectivity index (χ4v) is 3.78. The van der Waals surface area contributed by atoms with Crippen molar-refractivity contribution in [2.75, 3.05) is 18.4 Å². The Morgan fingerprint density at radius 1 is 0.731 bits per heavy atom. The highest BCUT2D eigenvalue weighted by Gasteiger charge is 2.19. The first-order valence-electron chi connectivity index (χ1n) is 9.56. The smallest absolute Gasteiger partial charge is 0.0422 e. The van der Waals surface area contributed by atoms with Crippen LogP contribution in [0.2, 0.25) is 0 Å². The summed E-state index contributed by atoms with van der Waals surface area (Å²) in [6, 6.07) is 30.7. The zero-order chi connectivity index (χ0) is 17.6. The molecule has 0 unspecified atom stereocenters. The van der Waals surface area contributed by atoms with Gasteiger partial charge in [-0.05, 0) is 30.0 Å². The molecule has 0 bridgehead atoms. The van der Waals surface area contributed by atoms with Crippen molar-refractivity contribution in [1.82, 2.24) is 4.90 Å². The van der Waals surface area contributed by atoms with Crippen molar-refractivity contribution in [2.24, 2.45) is 0 Å². The molecule has 1 aliphatic heterocycles. The summed E-state index contributed by atoms with van der Waals surface area (Å²) < 4.78 is 0. The van der Waals surface area contributed by atoms with E-state index in [1.165, 1.54) is 35.2 Å². The minimum Gasteiger partial charge on any atom is -0.382 e. The van der Waals surface area contributed by atoms with Crippen LogP contribution in [0.1, 0.15) is 18.4 Å². The van der Waals surface area contributed by atoms with Crippen LogP contribution in [0.5, 0.6) is 0 Å². The van der Waals surface area contributed by atoms with E-state index in [0.29, 0.717) is 6.04 Å². The van der Waals surface area contributed by atoms with E-state index in [0.717, 1.165) is 19.6 Å². The maximum atomic E-state index is 3.81. The SMILES string of the molecule is c1ccc(CN2CCC(Nc3ccccc3-c3ccccc3)CC2)cc1. The van der Waals surface area contributed by atoms with E-state index in [-0.39, 0.29) is 0 Å². The Kier molecular flexibility index (Phi) is 5.32. The van der Waals surface area contributed by atoms with Crippen LogP contribution in [0.15, 0.2) is 84.9 Å². The van der Waals surface area contributed by atoms with Crippen molar-refractivity contribution in [1.29, 1.82) is 0 Å². The maximum Gasteiger partial charge on any atom is 0.0422 e. The van der Waals surface area contributed by atoms with Gasteiger partial charge in [0.15, 0.2) is 0 Å². The van der Waals surface area contributed by atoms with E-state index < -0.39 is 0 Å². The minimum absolute atomic E-state index is 0.548. The highest BCUT2D eigenvalue weighted by molar-refractivity contribution is 5.77. The summed E-state index contributed by atoms with van der Waals surface area (Å²) in [5, 5.41) is 3.81. The molecule has 26 heavy (non-hydrogen) atoms. The Labute approximate surface area is 156 Å². The third kappa shape index (κ3) is 4.14. The zero-order valence-electron chi connectivity index (χ0n) is 15.1. The molecule has 3 aromatic carbocycles. The van der Waals surface area contributed by atoms with Crippen molar-refractivity contribution >= 4 is 5.69 Å². The minimum atomic E-state index is 0.548. The Bertz CT molecular complexity index is 806. The molecule has 0 saturated carbocycles. The number of benzene rings is 3. The standard InChI is InChI=1S/C24H26N2/c1-3-9-20(10-4-1)19-26-17-15-22(16-18-26)25-24-14-8-7-13-23(24)21-11-5-2-6-12-21/h1-14,22,25H,15-19H2. The van der Waals surface area contributed by atoms with Gasteiger partial charge < -0.3 is 5.32 Å². The second-order valence-electron chi connectivity index (χ2n) is 7.09. The molecule has 4 rings (SSSR count). The molecule has 0 amide bonds. The predicted octanol–water partition coefficient (Wildman–Crippen LogP) is 5.43. The van der Waals surface area contributed by atoms with Crippen LogP contribution < -0.4 is 5.32 Å². The van der Waals surface area contributed by atoms with Gasteiger partial charge in [-0.1, -0.05) is 78.9 Å². The number of para-hydroxylation sites is 1. The van der Waals surface area contributed by atoms with Gasteiger partial charge in [0.1, 0.15) is 0 Å². The monoisotopic (exact) mass is 342 g/mol. The molecule has 1 aliphatic rings. The lowest BCUT2D eigenvalue weighted by Crippen LogP contribution is -2.38. The summed E-state index contributed by atoms with van der Waals surface area (Å²) in [6.07, 6.45) is 2.38. The highest BCUT2D eigenvalue weighted by atomic mass is 15.1. The van der Waals surface area contributed by atoms with Crippen LogP contribution in [0.4, 0.5) is 5.69 Å². The highest BCUT2D eigenvalue weighted by Crippen LogP contribution is 2.29. The molecular formula is C24H26N2. The Morgan fingerprint density at radius 3 is 2.08 bits per heavy atom. The van der Waals surface area contributed by atoms with Gasteiger partial charge in [0.25, 0.3) is 0 Å². The first kappa shape index (κ1) is 16.9. The molecule has 0 aliphatic carbocycles. The van der Waals surface area contributed by atoms with Crippen molar-refractivity contribution in [3.05, 3.63) is 90.5 Å². The molecule has 132 valence electrons. The van der Waals surface area contributed by atoms with Crippen LogP contribution in [-0.2, 0) is 6.54 Å². The number of nitrogens with zero attached hydrogens (tertiary/aromatic N) is 1. The van der Waals surface area contributed by atoms with E-state index in [4.69, 9.17) is 0 Å². The molecule has 3 aromatic rings. The van der Waals surface area contributed by atoms with Gasteiger partial charge >= 0.3 is 0 Å². The number of hydrogen-bond acceptors (Lipinski definition) is 2. The van der Waals surface area contributed by atoms with E-state index in [9.17, 15) is 0 Å². The number of nitrogens with one attached hydrogen (secondary N) is 1. The van der Waals surface area contributed by atoms with Gasteiger partial charge in [0.2, 0.25) is 0 Å². The molecule has 1 N–H and O–H groups in total. The summed E-state index contributed by atoms with van der Waals surface area (Å²) >= 11 is 0.